The Hall–Kier alpha value is -1.79. The number of nitrogens with zero attached hydrogens (tertiary/aromatic N) is 1. The number of likely N-dealkylation sites (N-methyl/N-ethyl adjacent to an activating group) is 1. The minimum atomic E-state index is -0.646. The van der Waals surface area contributed by atoms with Gasteiger partial charge in [-0.3, -0.25) is 9.59 Å². The number of carbonyl (C=O) groups excluding carboxylic acids is 2. The van der Waals surface area contributed by atoms with E-state index < -0.39 is 6.04 Å². The fourth-order valence-electron chi connectivity index (χ4n) is 1.99. The molecule has 1 aromatic rings. The predicted octanol–water partition coefficient (Wildman–Crippen LogP) is 2.28. The lowest BCUT2D eigenvalue weighted by Gasteiger charge is -2.31. The quantitative estimate of drug-likeness (QED) is 0.818. The van der Waals surface area contributed by atoms with Gasteiger partial charge in [-0.05, 0) is 24.5 Å². The highest BCUT2D eigenvalue weighted by Gasteiger charge is 2.31. The van der Waals surface area contributed by atoms with E-state index in [4.69, 9.17) is 10.5 Å². The van der Waals surface area contributed by atoms with Crippen molar-refractivity contribution in [2.45, 2.75) is 33.7 Å². The minimum absolute atomic E-state index is 0. The molecule has 0 bridgehead atoms. The summed E-state index contributed by atoms with van der Waals surface area (Å²) in [5, 5.41) is 2.76. The highest BCUT2D eigenvalue weighted by molar-refractivity contribution is 5.95. The molecule has 24 heavy (non-hydrogen) atoms. The van der Waals surface area contributed by atoms with Crippen LogP contribution in [0.2, 0.25) is 0 Å². The Morgan fingerprint density at radius 2 is 1.96 bits per heavy atom. The van der Waals surface area contributed by atoms with Crippen LogP contribution >= 0.6 is 12.4 Å². The minimum Gasteiger partial charge on any atom is -0.497 e. The number of anilines is 1. The Bertz CT molecular complexity index is 558. The molecular weight excluding hydrogens is 330 g/mol. The molecule has 1 rings (SSSR count). The van der Waals surface area contributed by atoms with Crippen molar-refractivity contribution in [2.24, 2.45) is 11.1 Å². The molecule has 0 unspecified atom stereocenters. The zero-order valence-corrected chi connectivity index (χ0v) is 15.8. The Labute approximate surface area is 150 Å². The molecule has 0 aromatic heterocycles. The molecule has 2 amide bonds. The van der Waals surface area contributed by atoms with Crippen LogP contribution in [-0.2, 0) is 9.59 Å². The Balaban J connectivity index is 0.00000529. The molecule has 0 saturated carbocycles. The van der Waals surface area contributed by atoms with E-state index in [0.29, 0.717) is 18.0 Å². The lowest BCUT2D eigenvalue weighted by Crippen LogP contribution is -2.52. The number of halogens is 1. The largest absolute Gasteiger partial charge is 0.497 e. The van der Waals surface area contributed by atoms with Crippen LogP contribution in [0, 0.1) is 5.41 Å². The third kappa shape index (κ3) is 6.37. The number of hydrogen-bond acceptors (Lipinski definition) is 4. The molecule has 0 aliphatic carbocycles. The standard InChI is InChI=1S/C17H27N3O3.ClH/c1-6-20(16(22)15(18)17(2,3)4)11-14(21)19-12-8-7-9-13(10-12)23-5;/h7-10,15H,6,11,18H2,1-5H3,(H,19,21);1H/t15-;/m1./s1. The fourth-order valence-corrected chi connectivity index (χ4v) is 1.99. The fraction of sp³-hybridized carbons (Fsp3) is 0.529. The zero-order chi connectivity index (χ0) is 17.6. The summed E-state index contributed by atoms with van der Waals surface area (Å²) in [6.07, 6.45) is 0. The molecule has 1 aromatic carbocycles. The van der Waals surface area contributed by atoms with Crippen LogP contribution in [0.4, 0.5) is 5.69 Å². The Morgan fingerprint density at radius 1 is 1.33 bits per heavy atom. The van der Waals surface area contributed by atoms with Crippen LogP contribution in [0.25, 0.3) is 0 Å². The maximum atomic E-state index is 12.4. The second-order valence-electron chi connectivity index (χ2n) is 6.48. The summed E-state index contributed by atoms with van der Waals surface area (Å²) in [6, 6.07) is 6.41. The lowest BCUT2D eigenvalue weighted by molar-refractivity contribution is -0.137. The van der Waals surface area contributed by atoms with Crippen molar-refractivity contribution in [1.82, 2.24) is 4.90 Å². The lowest BCUT2D eigenvalue weighted by atomic mass is 9.86. The Morgan fingerprint density at radius 3 is 2.46 bits per heavy atom. The third-order valence-corrected chi connectivity index (χ3v) is 3.58. The number of ether oxygens (including phenoxy) is 1. The van der Waals surface area contributed by atoms with Gasteiger partial charge in [0.2, 0.25) is 11.8 Å². The number of hydrogen-bond donors (Lipinski definition) is 2. The first-order valence-electron chi connectivity index (χ1n) is 7.67. The van der Waals surface area contributed by atoms with Gasteiger partial charge in [0, 0.05) is 18.3 Å². The van der Waals surface area contributed by atoms with Gasteiger partial charge in [-0.25, -0.2) is 0 Å². The molecule has 0 radical (unpaired) electrons. The van der Waals surface area contributed by atoms with E-state index in [1.54, 1.807) is 31.4 Å². The molecule has 1 atom stereocenters. The number of carbonyl (C=O) groups is 2. The van der Waals surface area contributed by atoms with Crippen molar-refractivity contribution in [2.75, 3.05) is 25.5 Å². The first-order chi connectivity index (χ1) is 10.7. The topological polar surface area (TPSA) is 84.7 Å². The normalized spacial score (nSPS) is 11.9. The zero-order valence-electron chi connectivity index (χ0n) is 15.0. The van der Waals surface area contributed by atoms with Gasteiger partial charge in [0.05, 0.1) is 19.7 Å². The number of amides is 2. The van der Waals surface area contributed by atoms with Crippen molar-refractivity contribution in [1.29, 1.82) is 0 Å². The predicted molar refractivity (Wildman–Crippen MR) is 98.6 cm³/mol. The summed E-state index contributed by atoms with van der Waals surface area (Å²) >= 11 is 0. The van der Waals surface area contributed by atoms with Gasteiger partial charge < -0.3 is 20.7 Å². The van der Waals surface area contributed by atoms with Gasteiger partial charge in [0.25, 0.3) is 0 Å². The monoisotopic (exact) mass is 357 g/mol. The molecule has 3 N–H and O–H groups in total. The van der Waals surface area contributed by atoms with Crippen LogP contribution in [0.15, 0.2) is 24.3 Å². The van der Waals surface area contributed by atoms with Crippen molar-refractivity contribution < 1.29 is 14.3 Å². The molecule has 0 fully saturated rings. The summed E-state index contributed by atoms with van der Waals surface area (Å²) in [5.74, 6) is 0.163. The first kappa shape index (κ1) is 22.2. The average molecular weight is 358 g/mol. The van der Waals surface area contributed by atoms with Crippen molar-refractivity contribution in [3.8, 4) is 5.75 Å². The van der Waals surface area contributed by atoms with Crippen molar-refractivity contribution >= 4 is 29.9 Å². The second-order valence-corrected chi connectivity index (χ2v) is 6.48. The molecule has 0 aliphatic heterocycles. The summed E-state index contributed by atoms with van der Waals surface area (Å²) < 4.78 is 5.11. The van der Waals surface area contributed by atoms with E-state index in [2.05, 4.69) is 5.32 Å². The molecule has 6 nitrogen and oxygen atoms in total. The number of rotatable bonds is 6. The van der Waals surface area contributed by atoms with E-state index in [1.165, 1.54) is 4.90 Å². The van der Waals surface area contributed by atoms with E-state index in [0.717, 1.165) is 0 Å². The van der Waals surface area contributed by atoms with Crippen molar-refractivity contribution in [3.63, 3.8) is 0 Å². The van der Waals surface area contributed by atoms with Gasteiger partial charge >= 0.3 is 0 Å². The summed E-state index contributed by atoms with van der Waals surface area (Å²) in [4.78, 5) is 26.0. The number of nitrogens with one attached hydrogen (secondary N) is 1. The van der Waals surface area contributed by atoms with Gasteiger partial charge in [0.15, 0.2) is 0 Å². The molecular formula is C17H28ClN3O3. The highest BCUT2D eigenvalue weighted by Crippen LogP contribution is 2.19. The van der Waals surface area contributed by atoms with Crippen LogP contribution in [0.3, 0.4) is 0 Å². The SMILES string of the molecule is CCN(CC(=O)Nc1cccc(OC)c1)C(=O)[C@@H](N)C(C)(C)C.Cl. The number of benzene rings is 1. The Kier molecular flexibility index (Phi) is 8.78. The van der Waals surface area contributed by atoms with E-state index in [9.17, 15) is 9.59 Å². The highest BCUT2D eigenvalue weighted by atomic mass is 35.5. The summed E-state index contributed by atoms with van der Waals surface area (Å²) in [7, 11) is 1.56. The molecule has 0 spiro atoms. The van der Waals surface area contributed by atoms with Gasteiger partial charge in [-0.15, -0.1) is 12.4 Å². The number of methoxy groups -OCH3 is 1. The van der Waals surface area contributed by atoms with Gasteiger partial charge in [-0.1, -0.05) is 26.8 Å². The molecule has 136 valence electrons. The average Bonchev–Trinajstić information content (AvgIpc) is 2.50. The van der Waals surface area contributed by atoms with Gasteiger partial charge in [0.1, 0.15) is 5.75 Å². The van der Waals surface area contributed by atoms with E-state index >= 15 is 0 Å². The maximum absolute atomic E-state index is 12.4. The summed E-state index contributed by atoms with van der Waals surface area (Å²) in [6.45, 7) is 7.93. The number of nitrogens with two attached hydrogens (primary N) is 1. The third-order valence-electron chi connectivity index (χ3n) is 3.58. The van der Waals surface area contributed by atoms with Crippen LogP contribution in [-0.4, -0.2) is 43.0 Å². The van der Waals surface area contributed by atoms with Gasteiger partial charge in [-0.2, -0.15) is 0 Å². The smallest absolute Gasteiger partial charge is 0.243 e. The maximum Gasteiger partial charge on any atom is 0.243 e. The van der Waals surface area contributed by atoms with Crippen molar-refractivity contribution in [3.05, 3.63) is 24.3 Å². The van der Waals surface area contributed by atoms with Crippen LogP contribution in [0.1, 0.15) is 27.7 Å². The molecule has 0 heterocycles. The molecule has 0 saturated heterocycles. The van der Waals surface area contributed by atoms with Crippen LogP contribution in [0.5, 0.6) is 5.75 Å². The molecule has 0 aliphatic rings. The van der Waals surface area contributed by atoms with E-state index in [-0.39, 0.29) is 36.2 Å². The second kappa shape index (κ2) is 9.49. The molecule has 7 heteroatoms. The first-order valence-corrected chi connectivity index (χ1v) is 7.67. The van der Waals surface area contributed by atoms with E-state index in [1.807, 2.05) is 27.7 Å². The summed E-state index contributed by atoms with van der Waals surface area (Å²) in [5.41, 5.74) is 6.27. The van der Waals surface area contributed by atoms with Crippen LogP contribution < -0.4 is 15.8 Å².